The Morgan fingerprint density at radius 3 is 2.65 bits per heavy atom. The molecule has 0 saturated carbocycles. The van der Waals surface area contributed by atoms with Crippen molar-refractivity contribution < 1.29 is 14.7 Å². The van der Waals surface area contributed by atoms with E-state index in [2.05, 4.69) is 26.8 Å². The van der Waals surface area contributed by atoms with E-state index in [1.54, 1.807) is 16.2 Å². The molecule has 1 aliphatic heterocycles. The highest BCUT2D eigenvalue weighted by molar-refractivity contribution is 7.14. The van der Waals surface area contributed by atoms with Gasteiger partial charge in [-0.25, -0.2) is 0 Å². The van der Waals surface area contributed by atoms with Gasteiger partial charge >= 0.3 is 5.97 Å². The number of hydrogen-bond acceptors (Lipinski definition) is 3. The number of fused-ring (bicyclic) bond motifs is 1. The molecule has 2 heterocycles. The van der Waals surface area contributed by atoms with Crippen molar-refractivity contribution in [1.82, 2.24) is 4.90 Å². The molecule has 0 bridgehead atoms. The van der Waals surface area contributed by atoms with Crippen LogP contribution in [0.4, 0.5) is 0 Å². The van der Waals surface area contributed by atoms with Crippen molar-refractivity contribution in [3.8, 4) is 0 Å². The zero-order valence-corrected chi connectivity index (χ0v) is 14.9. The van der Waals surface area contributed by atoms with Gasteiger partial charge in [-0.2, -0.15) is 0 Å². The van der Waals surface area contributed by atoms with Crippen LogP contribution in [0.5, 0.6) is 0 Å². The third-order valence-corrected chi connectivity index (χ3v) is 6.57. The van der Waals surface area contributed by atoms with E-state index >= 15 is 0 Å². The maximum atomic E-state index is 12.7. The van der Waals surface area contributed by atoms with Gasteiger partial charge < -0.3 is 10.0 Å². The number of carbonyl (C=O) groups is 2. The molecule has 0 spiro atoms. The molecule has 1 aromatic rings. The van der Waals surface area contributed by atoms with Crippen LogP contribution in [-0.4, -0.2) is 35.0 Å². The topological polar surface area (TPSA) is 57.6 Å². The maximum absolute atomic E-state index is 12.7. The van der Waals surface area contributed by atoms with Crippen LogP contribution in [-0.2, 0) is 17.6 Å². The van der Waals surface area contributed by atoms with Crippen molar-refractivity contribution in [1.29, 1.82) is 0 Å². The number of nitrogens with zero attached hydrogens (tertiary/aromatic N) is 1. The number of aryl methyl sites for hydroxylation is 1. The summed E-state index contributed by atoms with van der Waals surface area (Å²) >= 11 is 1.61. The minimum absolute atomic E-state index is 0.0143. The van der Waals surface area contributed by atoms with Gasteiger partial charge in [-0.15, -0.1) is 11.3 Å². The minimum Gasteiger partial charge on any atom is -0.481 e. The summed E-state index contributed by atoms with van der Waals surface area (Å²) in [5, 5.41) is 9.09. The summed E-state index contributed by atoms with van der Waals surface area (Å²) in [6.45, 7) is 7.77. The molecular weight excluding hydrogens is 310 g/mol. The van der Waals surface area contributed by atoms with Crippen molar-refractivity contribution in [2.45, 2.75) is 46.5 Å². The van der Waals surface area contributed by atoms with E-state index in [9.17, 15) is 9.59 Å². The summed E-state index contributed by atoms with van der Waals surface area (Å²) < 4.78 is 0. The average molecular weight is 335 g/mol. The highest BCUT2D eigenvalue weighted by Crippen LogP contribution is 2.40. The van der Waals surface area contributed by atoms with Gasteiger partial charge in [-0.05, 0) is 48.6 Å². The predicted molar refractivity (Wildman–Crippen MR) is 90.9 cm³/mol. The van der Waals surface area contributed by atoms with Crippen molar-refractivity contribution in [3.05, 3.63) is 21.4 Å². The molecule has 0 aromatic carbocycles. The lowest BCUT2D eigenvalue weighted by molar-refractivity contribution is -0.141. The van der Waals surface area contributed by atoms with Gasteiger partial charge in [-0.3, -0.25) is 9.59 Å². The minimum atomic E-state index is -0.793. The van der Waals surface area contributed by atoms with Crippen molar-refractivity contribution in [2.75, 3.05) is 13.1 Å². The van der Waals surface area contributed by atoms with Crippen LogP contribution in [0.15, 0.2) is 6.07 Å². The highest BCUT2D eigenvalue weighted by atomic mass is 32.1. The van der Waals surface area contributed by atoms with E-state index in [0.717, 1.165) is 17.7 Å². The van der Waals surface area contributed by atoms with E-state index in [4.69, 9.17) is 5.11 Å². The molecule has 3 rings (SSSR count). The first kappa shape index (κ1) is 16.5. The highest BCUT2D eigenvalue weighted by Gasteiger charge is 2.34. The number of carboxylic acid groups (broad SMARTS) is 1. The SMILES string of the molecule is CC(C)(C)C1CCc2sc(C(=O)N3CCC(C(=O)O)C3)cc2C1. The van der Waals surface area contributed by atoms with Crippen molar-refractivity contribution >= 4 is 23.2 Å². The van der Waals surface area contributed by atoms with E-state index in [1.807, 2.05) is 0 Å². The number of thiophene rings is 1. The van der Waals surface area contributed by atoms with Crippen LogP contribution in [0.1, 0.15) is 53.7 Å². The summed E-state index contributed by atoms with van der Waals surface area (Å²) in [5.41, 5.74) is 1.63. The lowest BCUT2D eigenvalue weighted by Gasteiger charge is -2.33. The number of rotatable bonds is 2. The molecule has 1 aromatic heterocycles. The summed E-state index contributed by atoms with van der Waals surface area (Å²) in [4.78, 5) is 27.6. The molecule has 0 radical (unpaired) electrons. The third-order valence-electron chi connectivity index (χ3n) is 5.34. The van der Waals surface area contributed by atoms with Gasteiger partial charge in [0.15, 0.2) is 0 Å². The lowest BCUT2D eigenvalue weighted by Crippen LogP contribution is -2.29. The second-order valence-corrected chi connectivity index (χ2v) is 9.08. The van der Waals surface area contributed by atoms with E-state index in [0.29, 0.717) is 30.8 Å². The first-order chi connectivity index (χ1) is 10.8. The van der Waals surface area contributed by atoms with Crippen molar-refractivity contribution in [2.24, 2.45) is 17.3 Å². The second kappa shape index (κ2) is 5.93. The van der Waals surface area contributed by atoms with E-state index < -0.39 is 11.9 Å². The van der Waals surface area contributed by atoms with Gasteiger partial charge in [0.05, 0.1) is 10.8 Å². The number of likely N-dealkylation sites (tertiary alicyclic amines) is 1. The fourth-order valence-electron chi connectivity index (χ4n) is 3.67. The van der Waals surface area contributed by atoms with Gasteiger partial charge in [0.1, 0.15) is 0 Å². The third kappa shape index (κ3) is 3.30. The van der Waals surface area contributed by atoms with Gasteiger partial charge in [-0.1, -0.05) is 20.8 Å². The number of amides is 1. The fourth-order valence-corrected chi connectivity index (χ4v) is 4.85. The number of hydrogen-bond donors (Lipinski definition) is 1. The summed E-state index contributed by atoms with van der Waals surface area (Å²) in [6, 6.07) is 2.06. The Bertz CT molecular complexity index is 629. The lowest BCUT2D eigenvalue weighted by atomic mass is 9.72. The van der Waals surface area contributed by atoms with Crippen LogP contribution in [0, 0.1) is 17.3 Å². The monoisotopic (exact) mass is 335 g/mol. The average Bonchev–Trinajstić information content (AvgIpc) is 3.11. The van der Waals surface area contributed by atoms with Crippen LogP contribution in [0.25, 0.3) is 0 Å². The van der Waals surface area contributed by atoms with Gasteiger partial charge in [0.25, 0.3) is 5.91 Å². The summed E-state index contributed by atoms with van der Waals surface area (Å²) in [6.07, 6.45) is 3.88. The van der Waals surface area contributed by atoms with Crippen LogP contribution >= 0.6 is 11.3 Å². The first-order valence-corrected chi connectivity index (χ1v) is 9.21. The van der Waals surface area contributed by atoms with E-state index in [-0.39, 0.29) is 5.91 Å². The molecule has 2 unspecified atom stereocenters. The Morgan fingerprint density at radius 1 is 1.30 bits per heavy atom. The molecule has 5 heteroatoms. The molecule has 1 aliphatic carbocycles. The number of carboxylic acids is 1. The maximum Gasteiger partial charge on any atom is 0.308 e. The van der Waals surface area contributed by atoms with Crippen LogP contribution < -0.4 is 0 Å². The van der Waals surface area contributed by atoms with Gasteiger partial charge in [0, 0.05) is 18.0 Å². The smallest absolute Gasteiger partial charge is 0.308 e. The Kier molecular flexibility index (Phi) is 4.25. The first-order valence-electron chi connectivity index (χ1n) is 8.39. The van der Waals surface area contributed by atoms with E-state index in [1.165, 1.54) is 16.9 Å². The Morgan fingerprint density at radius 2 is 2.04 bits per heavy atom. The molecule has 2 atom stereocenters. The van der Waals surface area contributed by atoms with Crippen molar-refractivity contribution in [3.63, 3.8) is 0 Å². The number of aliphatic carboxylic acids is 1. The molecule has 4 nitrogen and oxygen atoms in total. The molecule has 2 aliphatic rings. The van der Waals surface area contributed by atoms with Gasteiger partial charge in [0.2, 0.25) is 0 Å². The fraction of sp³-hybridized carbons (Fsp3) is 0.667. The quantitative estimate of drug-likeness (QED) is 0.900. The zero-order chi connectivity index (χ0) is 16.8. The molecular formula is C18H25NO3S. The normalized spacial score (nSPS) is 24.6. The molecule has 23 heavy (non-hydrogen) atoms. The molecule has 1 saturated heterocycles. The largest absolute Gasteiger partial charge is 0.481 e. The van der Waals surface area contributed by atoms with Crippen LogP contribution in [0.2, 0.25) is 0 Å². The Labute approximate surface area is 141 Å². The Balaban J connectivity index is 1.73. The molecule has 1 N–H and O–H groups in total. The molecule has 1 fully saturated rings. The number of carbonyl (C=O) groups excluding carboxylic acids is 1. The Hall–Kier alpha value is -1.36. The molecule has 1 amide bonds. The summed E-state index contributed by atoms with van der Waals surface area (Å²) in [7, 11) is 0. The zero-order valence-electron chi connectivity index (χ0n) is 14.1. The second-order valence-electron chi connectivity index (χ2n) is 7.94. The standard InChI is InChI=1S/C18H25NO3S/c1-18(2,3)13-4-5-14-12(8-13)9-15(23-14)16(20)19-7-6-11(10-19)17(21)22/h9,11,13H,4-8,10H2,1-3H3,(H,21,22). The molecule has 126 valence electrons. The summed E-state index contributed by atoms with van der Waals surface area (Å²) in [5.74, 6) is -0.520. The predicted octanol–water partition coefficient (Wildman–Crippen LogP) is 3.45. The van der Waals surface area contributed by atoms with Crippen LogP contribution in [0.3, 0.4) is 0 Å².